The molecule has 0 saturated carbocycles. The van der Waals surface area contributed by atoms with Crippen LogP contribution in [-0.2, 0) is 6.54 Å². The quantitative estimate of drug-likeness (QED) is 0.658. The van der Waals surface area contributed by atoms with Crippen LogP contribution in [0.5, 0.6) is 0 Å². The first kappa shape index (κ1) is 16.5. The van der Waals surface area contributed by atoms with Crippen molar-refractivity contribution in [2.75, 3.05) is 0 Å². The lowest BCUT2D eigenvalue weighted by atomic mass is 10.0. The van der Waals surface area contributed by atoms with E-state index in [9.17, 15) is 4.79 Å². The van der Waals surface area contributed by atoms with E-state index >= 15 is 0 Å². The maximum absolute atomic E-state index is 12.3. The zero-order valence-corrected chi connectivity index (χ0v) is 14.8. The molecule has 0 fully saturated rings. The van der Waals surface area contributed by atoms with E-state index < -0.39 is 0 Å². The Morgan fingerprint density at radius 2 is 1.71 bits per heavy atom. The minimum absolute atomic E-state index is 0.0411. The SMILES string of the molecule is CC(C)c1ccc(CNC(=O)c2ccc(-c3cccs3)cc2)cc1. The molecule has 0 saturated heterocycles. The summed E-state index contributed by atoms with van der Waals surface area (Å²) in [7, 11) is 0. The summed E-state index contributed by atoms with van der Waals surface area (Å²) in [6.45, 7) is 4.90. The third kappa shape index (κ3) is 3.92. The molecule has 24 heavy (non-hydrogen) atoms. The highest BCUT2D eigenvalue weighted by Crippen LogP contribution is 2.24. The number of carbonyl (C=O) groups excluding carboxylic acids is 1. The molecule has 3 rings (SSSR count). The summed E-state index contributed by atoms with van der Waals surface area (Å²) in [5, 5.41) is 5.04. The van der Waals surface area contributed by atoms with Crippen molar-refractivity contribution >= 4 is 17.2 Å². The number of hydrogen-bond donors (Lipinski definition) is 1. The van der Waals surface area contributed by atoms with E-state index in [1.54, 1.807) is 11.3 Å². The van der Waals surface area contributed by atoms with Gasteiger partial charge in [-0.3, -0.25) is 4.79 Å². The summed E-state index contributed by atoms with van der Waals surface area (Å²) in [5.41, 5.74) is 4.26. The standard InChI is InChI=1S/C21H21NOS/c1-15(2)17-7-5-16(6-8-17)14-22-21(23)19-11-9-18(10-12-19)20-4-3-13-24-20/h3-13,15H,14H2,1-2H3,(H,22,23). The summed E-state index contributed by atoms with van der Waals surface area (Å²) in [4.78, 5) is 13.5. The zero-order chi connectivity index (χ0) is 16.9. The predicted octanol–water partition coefficient (Wildman–Crippen LogP) is 5.47. The Morgan fingerprint density at radius 1 is 1.00 bits per heavy atom. The van der Waals surface area contributed by atoms with Gasteiger partial charge in [0, 0.05) is 17.0 Å². The molecular formula is C21H21NOS. The first-order chi connectivity index (χ1) is 11.6. The molecule has 0 radical (unpaired) electrons. The average Bonchev–Trinajstić information content (AvgIpc) is 3.15. The largest absolute Gasteiger partial charge is 0.348 e. The second kappa shape index (κ2) is 7.45. The summed E-state index contributed by atoms with van der Waals surface area (Å²) >= 11 is 1.70. The molecular weight excluding hydrogens is 314 g/mol. The van der Waals surface area contributed by atoms with Crippen molar-refractivity contribution in [1.29, 1.82) is 0 Å². The Bertz CT molecular complexity index is 787. The van der Waals surface area contributed by atoms with Crippen molar-refractivity contribution < 1.29 is 4.79 Å². The fraction of sp³-hybridized carbons (Fsp3) is 0.190. The topological polar surface area (TPSA) is 29.1 Å². The van der Waals surface area contributed by atoms with Crippen LogP contribution < -0.4 is 5.32 Å². The summed E-state index contributed by atoms with van der Waals surface area (Å²) in [6, 6.07) is 20.3. The van der Waals surface area contributed by atoms with Gasteiger partial charge in [0.25, 0.3) is 5.91 Å². The van der Waals surface area contributed by atoms with Crippen LogP contribution in [-0.4, -0.2) is 5.91 Å². The second-order valence-electron chi connectivity index (χ2n) is 6.13. The molecule has 1 N–H and O–H groups in total. The Hall–Kier alpha value is -2.39. The molecule has 0 aliphatic carbocycles. The monoisotopic (exact) mass is 335 g/mol. The molecule has 2 aromatic carbocycles. The molecule has 1 amide bonds. The van der Waals surface area contributed by atoms with Crippen molar-refractivity contribution in [2.45, 2.75) is 26.3 Å². The van der Waals surface area contributed by atoms with Gasteiger partial charge in [-0.2, -0.15) is 0 Å². The second-order valence-corrected chi connectivity index (χ2v) is 7.08. The maximum Gasteiger partial charge on any atom is 0.251 e. The van der Waals surface area contributed by atoms with Crippen LogP contribution >= 0.6 is 11.3 Å². The van der Waals surface area contributed by atoms with E-state index in [1.165, 1.54) is 10.4 Å². The number of benzene rings is 2. The number of rotatable bonds is 5. The molecule has 0 unspecified atom stereocenters. The van der Waals surface area contributed by atoms with Crippen LogP contribution in [0.3, 0.4) is 0 Å². The molecule has 0 spiro atoms. The number of carbonyl (C=O) groups is 1. The van der Waals surface area contributed by atoms with Crippen LogP contribution in [0.25, 0.3) is 10.4 Å². The van der Waals surface area contributed by atoms with Gasteiger partial charge in [0.2, 0.25) is 0 Å². The number of nitrogens with one attached hydrogen (secondary N) is 1. The van der Waals surface area contributed by atoms with E-state index in [-0.39, 0.29) is 5.91 Å². The molecule has 2 nitrogen and oxygen atoms in total. The Labute approximate surface area is 147 Å². The summed E-state index contributed by atoms with van der Waals surface area (Å²) in [6.07, 6.45) is 0. The third-order valence-corrected chi connectivity index (χ3v) is 4.97. The Kier molecular flexibility index (Phi) is 5.11. The molecule has 0 bridgehead atoms. The van der Waals surface area contributed by atoms with Gasteiger partial charge in [0.1, 0.15) is 0 Å². The van der Waals surface area contributed by atoms with Crippen molar-refractivity contribution in [3.63, 3.8) is 0 Å². The van der Waals surface area contributed by atoms with Crippen molar-refractivity contribution in [3.05, 3.63) is 82.7 Å². The lowest BCUT2D eigenvalue weighted by Gasteiger charge is -2.08. The first-order valence-corrected chi connectivity index (χ1v) is 9.02. The highest BCUT2D eigenvalue weighted by atomic mass is 32.1. The van der Waals surface area contributed by atoms with Gasteiger partial charge in [-0.15, -0.1) is 11.3 Å². The molecule has 0 aliphatic heterocycles. The van der Waals surface area contributed by atoms with Crippen LogP contribution in [0.4, 0.5) is 0 Å². The third-order valence-electron chi connectivity index (χ3n) is 4.05. The highest BCUT2D eigenvalue weighted by molar-refractivity contribution is 7.13. The van der Waals surface area contributed by atoms with Crippen LogP contribution in [0, 0.1) is 0 Å². The average molecular weight is 335 g/mol. The molecule has 3 heteroatoms. The van der Waals surface area contributed by atoms with Crippen LogP contribution in [0.2, 0.25) is 0 Å². The molecule has 3 aromatic rings. The van der Waals surface area contributed by atoms with Crippen molar-refractivity contribution in [2.24, 2.45) is 0 Å². The molecule has 1 heterocycles. The van der Waals surface area contributed by atoms with Gasteiger partial charge in [-0.25, -0.2) is 0 Å². The minimum Gasteiger partial charge on any atom is -0.348 e. The van der Waals surface area contributed by atoms with Gasteiger partial charge < -0.3 is 5.32 Å². The van der Waals surface area contributed by atoms with E-state index in [0.717, 1.165) is 11.1 Å². The van der Waals surface area contributed by atoms with E-state index in [2.05, 4.69) is 54.9 Å². The van der Waals surface area contributed by atoms with E-state index in [0.29, 0.717) is 18.0 Å². The highest BCUT2D eigenvalue weighted by Gasteiger charge is 2.06. The number of hydrogen-bond acceptors (Lipinski definition) is 2. The molecule has 0 aliphatic rings. The molecule has 0 atom stereocenters. The summed E-state index contributed by atoms with van der Waals surface area (Å²) in [5.74, 6) is 0.483. The normalized spacial score (nSPS) is 10.8. The van der Waals surface area contributed by atoms with Gasteiger partial charge in [0.15, 0.2) is 0 Å². The fourth-order valence-electron chi connectivity index (χ4n) is 2.53. The van der Waals surface area contributed by atoms with Gasteiger partial charge >= 0.3 is 0 Å². The maximum atomic E-state index is 12.3. The first-order valence-electron chi connectivity index (χ1n) is 8.14. The summed E-state index contributed by atoms with van der Waals surface area (Å²) < 4.78 is 0. The van der Waals surface area contributed by atoms with Crippen molar-refractivity contribution in [1.82, 2.24) is 5.32 Å². The zero-order valence-electron chi connectivity index (χ0n) is 14.0. The predicted molar refractivity (Wildman–Crippen MR) is 101 cm³/mol. The van der Waals surface area contributed by atoms with Gasteiger partial charge in [0.05, 0.1) is 0 Å². The van der Waals surface area contributed by atoms with Crippen molar-refractivity contribution in [3.8, 4) is 10.4 Å². The van der Waals surface area contributed by atoms with E-state index in [1.807, 2.05) is 30.3 Å². The smallest absolute Gasteiger partial charge is 0.251 e. The molecule has 122 valence electrons. The number of amides is 1. The van der Waals surface area contributed by atoms with Gasteiger partial charge in [-0.05, 0) is 46.2 Å². The molecule has 1 aromatic heterocycles. The van der Waals surface area contributed by atoms with Crippen LogP contribution in [0.15, 0.2) is 66.0 Å². The van der Waals surface area contributed by atoms with E-state index in [4.69, 9.17) is 0 Å². The Balaban J connectivity index is 1.60. The minimum atomic E-state index is -0.0411. The van der Waals surface area contributed by atoms with Crippen LogP contribution in [0.1, 0.15) is 41.3 Å². The number of thiophene rings is 1. The Morgan fingerprint density at radius 3 is 2.29 bits per heavy atom. The lowest BCUT2D eigenvalue weighted by Crippen LogP contribution is -2.22. The fourth-order valence-corrected chi connectivity index (χ4v) is 3.27. The van der Waals surface area contributed by atoms with Gasteiger partial charge in [-0.1, -0.05) is 56.3 Å². The lowest BCUT2D eigenvalue weighted by molar-refractivity contribution is 0.0951.